The summed E-state index contributed by atoms with van der Waals surface area (Å²) in [5, 5.41) is 10.2. The Hall–Kier alpha value is -1.31. The normalized spacial score (nSPS) is 13.5. The summed E-state index contributed by atoms with van der Waals surface area (Å²) >= 11 is 5.87. The summed E-state index contributed by atoms with van der Waals surface area (Å²) in [5.41, 5.74) is 1.44. The molecule has 8 heteroatoms. The molecule has 4 nitrogen and oxygen atoms in total. The van der Waals surface area contributed by atoms with E-state index in [2.05, 4.69) is 5.43 Å². The van der Waals surface area contributed by atoms with Crippen molar-refractivity contribution in [1.29, 1.82) is 0 Å². The number of benzene rings is 1. The maximum atomic E-state index is 13.0. The molecule has 1 atom stereocenters. The van der Waals surface area contributed by atoms with Crippen molar-refractivity contribution in [2.24, 2.45) is 0 Å². The Bertz CT molecular complexity index is 533. The number of aromatic carboxylic acids is 1. The van der Waals surface area contributed by atoms with Crippen LogP contribution < -0.4 is 5.43 Å². The van der Waals surface area contributed by atoms with Crippen LogP contribution in [0.2, 0.25) is 5.02 Å². The average Bonchev–Trinajstić information content (AvgIpc) is 2.28. The second kappa shape index (κ2) is 6.64. The molecular weight excluding hydrogens is 309 g/mol. The zero-order chi connectivity index (χ0) is 16.4. The van der Waals surface area contributed by atoms with E-state index in [0.717, 1.165) is 12.1 Å². The van der Waals surface area contributed by atoms with Crippen LogP contribution in [0.15, 0.2) is 12.1 Å². The molecule has 0 heterocycles. The van der Waals surface area contributed by atoms with Crippen molar-refractivity contribution in [1.82, 2.24) is 10.4 Å². The number of alkyl halides is 3. The van der Waals surface area contributed by atoms with E-state index in [1.54, 1.807) is 26.0 Å². The number of hydrogen-bond donors (Lipinski definition) is 2. The Balaban J connectivity index is 3.30. The lowest BCUT2D eigenvalue weighted by molar-refractivity contribution is -0.138. The van der Waals surface area contributed by atoms with Crippen LogP contribution in [0.5, 0.6) is 0 Å². The molecule has 0 fully saturated rings. The third-order valence-electron chi connectivity index (χ3n) is 2.77. The van der Waals surface area contributed by atoms with Crippen molar-refractivity contribution in [3.05, 3.63) is 33.8 Å². The third kappa shape index (κ3) is 4.59. The molecule has 1 aromatic rings. The summed E-state index contributed by atoms with van der Waals surface area (Å²) in [6, 6.07) is 1.29. The first-order valence-corrected chi connectivity index (χ1v) is 6.47. The Kier molecular flexibility index (Phi) is 5.61. The van der Waals surface area contributed by atoms with Gasteiger partial charge in [-0.05, 0) is 31.0 Å². The van der Waals surface area contributed by atoms with Gasteiger partial charge in [0.05, 0.1) is 16.1 Å². The molecule has 21 heavy (non-hydrogen) atoms. The van der Waals surface area contributed by atoms with Crippen molar-refractivity contribution in [3.8, 4) is 0 Å². The molecule has 0 radical (unpaired) electrons. The summed E-state index contributed by atoms with van der Waals surface area (Å²) in [5.74, 6) is -1.36. The molecule has 2 N–H and O–H groups in total. The highest BCUT2D eigenvalue weighted by molar-refractivity contribution is 6.34. The Morgan fingerprint density at radius 1 is 1.43 bits per heavy atom. The van der Waals surface area contributed by atoms with Gasteiger partial charge < -0.3 is 5.11 Å². The molecule has 0 aliphatic heterocycles. The molecule has 0 spiro atoms. The first-order chi connectivity index (χ1) is 9.54. The summed E-state index contributed by atoms with van der Waals surface area (Å²) in [6.07, 6.45) is -4.64. The second-order valence-electron chi connectivity index (χ2n) is 4.88. The van der Waals surface area contributed by atoms with Gasteiger partial charge in [-0.3, -0.25) is 10.4 Å². The van der Waals surface area contributed by atoms with Crippen LogP contribution >= 0.6 is 11.6 Å². The van der Waals surface area contributed by atoms with Gasteiger partial charge in [0.25, 0.3) is 0 Å². The number of carboxylic acids is 1. The molecule has 1 aromatic carbocycles. The fourth-order valence-corrected chi connectivity index (χ4v) is 2.37. The Labute approximate surface area is 125 Å². The summed E-state index contributed by atoms with van der Waals surface area (Å²) < 4.78 is 39.1. The first-order valence-electron chi connectivity index (χ1n) is 6.09. The van der Waals surface area contributed by atoms with Crippen molar-refractivity contribution in [2.75, 3.05) is 14.1 Å². The van der Waals surface area contributed by atoms with Gasteiger partial charge in [0.2, 0.25) is 0 Å². The van der Waals surface area contributed by atoms with Gasteiger partial charge in [0, 0.05) is 20.1 Å². The monoisotopic (exact) mass is 324 g/mol. The van der Waals surface area contributed by atoms with Crippen molar-refractivity contribution in [3.63, 3.8) is 0 Å². The molecule has 1 rings (SSSR count). The molecule has 0 saturated carbocycles. The minimum absolute atomic E-state index is 0.0486. The smallest absolute Gasteiger partial charge is 0.416 e. The zero-order valence-electron chi connectivity index (χ0n) is 11.8. The van der Waals surface area contributed by atoms with E-state index >= 15 is 0 Å². The summed E-state index contributed by atoms with van der Waals surface area (Å²) in [7, 11) is 3.41. The second-order valence-corrected chi connectivity index (χ2v) is 5.26. The molecule has 0 amide bonds. The van der Waals surface area contributed by atoms with Crippen molar-refractivity contribution in [2.45, 2.75) is 25.6 Å². The van der Waals surface area contributed by atoms with Gasteiger partial charge in [-0.25, -0.2) is 4.79 Å². The van der Waals surface area contributed by atoms with Crippen LogP contribution in [0.3, 0.4) is 0 Å². The summed E-state index contributed by atoms with van der Waals surface area (Å²) in [6.45, 7) is 1.68. The van der Waals surface area contributed by atoms with E-state index < -0.39 is 17.7 Å². The van der Waals surface area contributed by atoms with Crippen LogP contribution in [-0.2, 0) is 12.6 Å². The largest absolute Gasteiger partial charge is 0.478 e. The van der Waals surface area contributed by atoms with E-state index in [9.17, 15) is 18.0 Å². The SMILES string of the molecule is C[C@@H](Cc1c(C(F)(F)F)ccc(C(=O)O)c1Cl)NN(C)C. The summed E-state index contributed by atoms with van der Waals surface area (Å²) in [4.78, 5) is 11.0. The number of nitrogens with one attached hydrogen (secondary N) is 1. The van der Waals surface area contributed by atoms with E-state index in [0.29, 0.717) is 0 Å². The zero-order valence-corrected chi connectivity index (χ0v) is 12.5. The lowest BCUT2D eigenvalue weighted by Crippen LogP contribution is -2.39. The molecule has 0 saturated heterocycles. The van der Waals surface area contributed by atoms with Gasteiger partial charge in [0.1, 0.15) is 0 Å². The van der Waals surface area contributed by atoms with Gasteiger partial charge >= 0.3 is 12.1 Å². The highest BCUT2D eigenvalue weighted by Gasteiger charge is 2.35. The molecule has 0 aromatic heterocycles. The van der Waals surface area contributed by atoms with Gasteiger partial charge in [-0.15, -0.1) is 0 Å². The van der Waals surface area contributed by atoms with Crippen LogP contribution in [0.1, 0.15) is 28.4 Å². The standard InChI is InChI=1S/C13H16ClF3N2O2/c1-7(18-19(2)3)6-9-10(13(15,16)17)5-4-8(11(9)14)12(20)21/h4-5,7,18H,6H2,1-3H3,(H,20,21)/t7-/m0/s1. The minimum atomic E-state index is -4.59. The maximum Gasteiger partial charge on any atom is 0.416 e. The van der Waals surface area contributed by atoms with Crippen molar-refractivity contribution >= 4 is 17.6 Å². The number of nitrogens with zero attached hydrogens (tertiary/aromatic N) is 1. The van der Waals surface area contributed by atoms with Gasteiger partial charge in [-0.2, -0.15) is 13.2 Å². The third-order valence-corrected chi connectivity index (χ3v) is 3.20. The van der Waals surface area contributed by atoms with Crippen LogP contribution in [0.4, 0.5) is 13.2 Å². The van der Waals surface area contributed by atoms with Crippen molar-refractivity contribution < 1.29 is 23.1 Å². The lowest BCUT2D eigenvalue weighted by atomic mass is 9.97. The predicted molar refractivity (Wildman–Crippen MR) is 73.4 cm³/mol. The van der Waals surface area contributed by atoms with E-state index in [1.165, 1.54) is 0 Å². The van der Waals surface area contributed by atoms with E-state index in [1.807, 2.05) is 0 Å². The first kappa shape index (κ1) is 17.7. The molecule has 0 unspecified atom stereocenters. The highest BCUT2D eigenvalue weighted by atomic mass is 35.5. The number of halogens is 4. The predicted octanol–water partition coefficient (Wildman–Crippen LogP) is 3.05. The lowest BCUT2D eigenvalue weighted by Gasteiger charge is -2.22. The quantitative estimate of drug-likeness (QED) is 0.817. The van der Waals surface area contributed by atoms with Gasteiger partial charge in [-0.1, -0.05) is 11.6 Å². The maximum absolute atomic E-state index is 13.0. The minimum Gasteiger partial charge on any atom is -0.478 e. The van der Waals surface area contributed by atoms with E-state index in [-0.39, 0.29) is 28.6 Å². The number of hydrazine groups is 1. The fraction of sp³-hybridized carbons (Fsp3) is 0.462. The Morgan fingerprint density at radius 2 is 2.00 bits per heavy atom. The van der Waals surface area contributed by atoms with Gasteiger partial charge in [0.15, 0.2) is 0 Å². The number of carboxylic acid groups (broad SMARTS) is 1. The number of carbonyl (C=O) groups is 1. The van der Waals surface area contributed by atoms with Crippen LogP contribution in [0.25, 0.3) is 0 Å². The number of hydrogen-bond acceptors (Lipinski definition) is 3. The molecule has 0 aliphatic rings. The number of rotatable bonds is 5. The van der Waals surface area contributed by atoms with Crippen LogP contribution in [0, 0.1) is 0 Å². The topological polar surface area (TPSA) is 52.6 Å². The average molecular weight is 325 g/mol. The molecule has 0 aliphatic carbocycles. The molecule has 0 bridgehead atoms. The molecule has 118 valence electrons. The molecular formula is C13H16ClF3N2O2. The van der Waals surface area contributed by atoms with E-state index in [4.69, 9.17) is 16.7 Å². The Morgan fingerprint density at radius 3 is 2.43 bits per heavy atom. The highest BCUT2D eigenvalue weighted by Crippen LogP contribution is 2.37. The van der Waals surface area contributed by atoms with Crippen LogP contribution in [-0.4, -0.2) is 36.2 Å². The fourth-order valence-electron chi connectivity index (χ4n) is 2.04.